The van der Waals surface area contributed by atoms with Gasteiger partial charge in [-0.25, -0.2) is 0 Å². The summed E-state index contributed by atoms with van der Waals surface area (Å²) >= 11 is 1.82. The van der Waals surface area contributed by atoms with Crippen LogP contribution in [0.1, 0.15) is 35.4 Å². The third-order valence-electron chi connectivity index (χ3n) is 13.0. The molecule has 9 aromatic rings. The summed E-state index contributed by atoms with van der Waals surface area (Å²) in [4.78, 5) is 11.6. The summed E-state index contributed by atoms with van der Waals surface area (Å²) < 4.78 is 2.38. The minimum absolute atomic E-state index is 0.0646. The van der Waals surface area contributed by atoms with Crippen LogP contribution in [-0.4, -0.2) is 15.7 Å². The van der Waals surface area contributed by atoms with Crippen LogP contribution < -0.4 is 9.80 Å². The predicted molar refractivity (Wildman–Crippen MR) is 280 cm³/mol. The molecule has 0 bridgehead atoms. The number of allylic oxidation sites excluding steroid dienone is 5. The molecule has 0 saturated heterocycles. The lowest BCUT2D eigenvalue weighted by atomic mass is 9.84. The van der Waals surface area contributed by atoms with Crippen molar-refractivity contribution in [1.29, 1.82) is 0 Å². The zero-order valence-electron chi connectivity index (χ0n) is 36.4. The van der Waals surface area contributed by atoms with E-state index in [2.05, 4.69) is 257 Å². The second-order valence-electron chi connectivity index (χ2n) is 17.0. The van der Waals surface area contributed by atoms with Gasteiger partial charge in [0.15, 0.2) is 0 Å². The summed E-state index contributed by atoms with van der Waals surface area (Å²) in [5, 5.41) is 3.58. The molecule has 2 unspecified atom stereocenters. The molecule has 0 N–H and O–H groups in total. The van der Waals surface area contributed by atoms with Crippen LogP contribution in [0.5, 0.6) is 0 Å². The third-order valence-corrected chi connectivity index (χ3v) is 14.2. The molecule has 0 amide bonds. The molecule has 3 aliphatic rings. The first-order valence-electron chi connectivity index (χ1n) is 22.8. The topological polar surface area (TPSA) is 23.8 Å². The van der Waals surface area contributed by atoms with Gasteiger partial charge in [0.1, 0.15) is 5.04 Å². The van der Waals surface area contributed by atoms with Gasteiger partial charge < -0.3 is 14.4 Å². The van der Waals surface area contributed by atoms with E-state index in [1.807, 2.05) is 11.8 Å². The maximum atomic E-state index is 5.64. The molecule has 0 saturated carbocycles. The second-order valence-corrected chi connectivity index (χ2v) is 18.0. The molecule has 2 heterocycles. The summed E-state index contributed by atoms with van der Waals surface area (Å²) in [6, 6.07) is 76.5. The molecular formula is C61H46N4S. The molecule has 1 aliphatic heterocycles. The number of para-hydroxylation sites is 5. The first kappa shape index (κ1) is 39.7. The zero-order valence-corrected chi connectivity index (χ0v) is 37.2. The van der Waals surface area contributed by atoms with Crippen LogP contribution >= 0.6 is 11.8 Å². The number of aliphatic imine (C=N–C) groups is 1. The number of thioether (sulfide) groups is 1. The van der Waals surface area contributed by atoms with E-state index in [0.29, 0.717) is 0 Å². The Balaban J connectivity index is 0.914. The van der Waals surface area contributed by atoms with Crippen LogP contribution in [0.2, 0.25) is 0 Å². The molecular weight excluding hydrogens is 821 g/mol. The van der Waals surface area contributed by atoms with Crippen LogP contribution in [0.3, 0.4) is 0 Å². The SMILES string of the molecule is C1=CC(N(c2ccccc2)c2ccc(C3=C4SC(c5ccc(-n6c7ccccc7c7ccccc76)cc5)=NC4C(c4ccc(N(c5ccccc5)c5ccccc5)cc4)C=C3)cc2)=CCC1. The van der Waals surface area contributed by atoms with E-state index in [0.717, 1.165) is 57.6 Å². The summed E-state index contributed by atoms with van der Waals surface area (Å²) in [6.07, 6.45) is 13.7. The fourth-order valence-electron chi connectivity index (χ4n) is 9.87. The van der Waals surface area contributed by atoms with Crippen molar-refractivity contribution < 1.29 is 0 Å². The molecule has 4 nitrogen and oxygen atoms in total. The molecule has 12 rings (SSSR count). The molecule has 5 heteroatoms. The highest BCUT2D eigenvalue weighted by Crippen LogP contribution is 2.49. The summed E-state index contributed by atoms with van der Waals surface area (Å²) in [5.41, 5.74) is 15.2. The van der Waals surface area contributed by atoms with Crippen molar-refractivity contribution >= 4 is 72.6 Å². The summed E-state index contributed by atoms with van der Waals surface area (Å²) in [6.45, 7) is 0. The quantitative estimate of drug-likeness (QED) is 0.137. The lowest BCUT2D eigenvalue weighted by Crippen LogP contribution is -2.18. The zero-order chi connectivity index (χ0) is 43.8. The molecule has 2 aliphatic carbocycles. The average molecular weight is 867 g/mol. The van der Waals surface area contributed by atoms with Crippen LogP contribution in [0.4, 0.5) is 28.4 Å². The monoisotopic (exact) mass is 866 g/mol. The largest absolute Gasteiger partial charge is 0.311 e. The van der Waals surface area contributed by atoms with E-state index in [1.165, 1.54) is 49.1 Å². The van der Waals surface area contributed by atoms with E-state index in [-0.39, 0.29) is 12.0 Å². The van der Waals surface area contributed by atoms with Gasteiger partial charge in [-0.3, -0.25) is 4.99 Å². The third kappa shape index (κ3) is 7.28. The van der Waals surface area contributed by atoms with Gasteiger partial charge in [0.05, 0.1) is 17.1 Å². The number of rotatable bonds is 10. The number of nitrogens with zero attached hydrogens (tertiary/aromatic N) is 4. The standard InChI is InChI=1S/C61H46N4S/c1-5-17-46(18-6-1)63(47-19-7-2-8-20-47)50-35-29-43(30-36-50)53-41-42-54(44-31-37-51(38-32-44)64(48-21-9-3-10-22-48)49-23-11-4-12-24-49)60-59(53)62-61(66-60)45-33-39-52(40-34-45)65-57-27-15-13-25-55(57)56-26-14-16-28-58(56)65/h1-3,5-11,13-42,53,59H,4,12H2. The average Bonchev–Trinajstić information content (AvgIpc) is 3.99. The minimum Gasteiger partial charge on any atom is -0.311 e. The highest BCUT2D eigenvalue weighted by Gasteiger charge is 2.36. The van der Waals surface area contributed by atoms with Crippen LogP contribution in [0.15, 0.2) is 258 Å². The summed E-state index contributed by atoms with van der Waals surface area (Å²) in [7, 11) is 0. The molecule has 2 atom stereocenters. The lowest BCUT2D eigenvalue weighted by molar-refractivity contribution is 0.717. The van der Waals surface area contributed by atoms with E-state index in [1.54, 1.807) is 0 Å². The Labute approximate surface area is 390 Å². The molecule has 316 valence electrons. The Bertz CT molecular complexity index is 3270. The van der Waals surface area contributed by atoms with Crippen molar-refractivity contribution in [2.24, 2.45) is 4.99 Å². The Kier molecular flexibility index (Phi) is 10.4. The van der Waals surface area contributed by atoms with Crippen molar-refractivity contribution in [3.63, 3.8) is 0 Å². The number of anilines is 5. The second kappa shape index (κ2) is 17.3. The number of aromatic nitrogens is 1. The summed E-state index contributed by atoms with van der Waals surface area (Å²) in [5.74, 6) is 0.0689. The van der Waals surface area contributed by atoms with E-state index in [4.69, 9.17) is 4.99 Å². The molecule has 8 aromatic carbocycles. The van der Waals surface area contributed by atoms with Gasteiger partial charge in [-0.05, 0) is 121 Å². The normalized spacial score (nSPS) is 16.6. The predicted octanol–water partition coefficient (Wildman–Crippen LogP) is 16.3. The highest BCUT2D eigenvalue weighted by atomic mass is 32.2. The van der Waals surface area contributed by atoms with Gasteiger partial charge in [0, 0.05) is 67.0 Å². The Morgan fingerprint density at radius 1 is 0.470 bits per heavy atom. The molecule has 0 spiro atoms. The first-order chi connectivity index (χ1) is 32.7. The Morgan fingerprint density at radius 3 is 1.58 bits per heavy atom. The number of hydrogen-bond donors (Lipinski definition) is 0. The van der Waals surface area contributed by atoms with E-state index >= 15 is 0 Å². The van der Waals surface area contributed by atoms with Crippen molar-refractivity contribution in [3.05, 3.63) is 270 Å². The molecule has 66 heavy (non-hydrogen) atoms. The van der Waals surface area contributed by atoms with Crippen LogP contribution in [-0.2, 0) is 0 Å². The lowest BCUT2D eigenvalue weighted by Gasteiger charge is -2.29. The molecule has 0 radical (unpaired) electrons. The van der Waals surface area contributed by atoms with E-state index < -0.39 is 0 Å². The number of benzene rings is 8. The maximum absolute atomic E-state index is 5.64. The van der Waals surface area contributed by atoms with Crippen LogP contribution in [0, 0.1) is 0 Å². The Morgan fingerprint density at radius 2 is 0.985 bits per heavy atom. The first-order valence-corrected chi connectivity index (χ1v) is 23.7. The Hall–Kier alpha value is -7.86. The van der Waals surface area contributed by atoms with Gasteiger partial charge in [-0.2, -0.15) is 0 Å². The van der Waals surface area contributed by atoms with Crippen molar-refractivity contribution in [1.82, 2.24) is 4.57 Å². The van der Waals surface area contributed by atoms with Gasteiger partial charge in [0.2, 0.25) is 0 Å². The molecule has 0 fully saturated rings. The van der Waals surface area contributed by atoms with Gasteiger partial charge in [0.25, 0.3) is 0 Å². The maximum Gasteiger partial charge on any atom is 0.103 e. The van der Waals surface area contributed by atoms with Crippen molar-refractivity contribution in [3.8, 4) is 5.69 Å². The number of hydrogen-bond acceptors (Lipinski definition) is 4. The van der Waals surface area contributed by atoms with Gasteiger partial charge in [-0.15, -0.1) is 0 Å². The van der Waals surface area contributed by atoms with Crippen molar-refractivity contribution in [2.45, 2.75) is 24.8 Å². The molecule has 1 aromatic heterocycles. The van der Waals surface area contributed by atoms with Crippen LogP contribution in [0.25, 0.3) is 33.1 Å². The smallest absolute Gasteiger partial charge is 0.103 e. The van der Waals surface area contributed by atoms with Gasteiger partial charge >= 0.3 is 0 Å². The fourth-order valence-corrected chi connectivity index (χ4v) is 11.1. The van der Waals surface area contributed by atoms with Crippen molar-refractivity contribution in [2.75, 3.05) is 9.80 Å². The van der Waals surface area contributed by atoms with E-state index in [9.17, 15) is 0 Å². The number of fused-ring (bicyclic) bond motifs is 4. The fraction of sp³-hybridized carbons (Fsp3) is 0.0656. The minimum atomic E-state index is -0.0646. The highest BCUT2D eigenvalue weighted by molar-refractivity contribution is 8.18. The van der Waals surface area contributed by atoms with Gasteiger partial charge in [-0.1, -0.05) is 163 Å².